The van der Waals surface area contributed by atoms with Crippen molar-refractivity contribution in [3.63, 3.8) is 0 Å². The van der Waals surface area contributed by atoms with Crippen molar-refractivity contribution in [2.24, 2.45) is 0 Å². The van der Waals surface area contributed by atoms with Crippen molar-refractivity contribution in [2.45, 2.75) is 46.1 Å². The molecule has 4 nitrogen and oxygen atoms in total. The summed E-state index contributed by atoms with van der Waals surface area (Å²) < 4.78 is 2.01. The molecule has 2 aromatic heterocycles. The lowest BCUT2D eigenvalue weighted by Gasteiger charge is -2.31. The van der Waals surface area contributed by atoms with Crippen molar-refractivity contribution in [2.75, 3.05) is 20.1 Å². The van der Waals surface area contributed by atoms with Crippen LogP contribution in [0.4, 0.5) is 0 Å². The van der Waals surface area contributed by atoms with Crippen LogP contribution in [0.2, 0.25) is 0 Å². The number of likely N-dealkylation sites (tertiary alicyclic amines) is 1. The number of nitrogens with zero attached hydrogens (tertiary/aromatic N) is 3. The second-order valence-electron chi connectivity index (χ2n) is 7.72. The first-order valence-electron chi connectivity index (χ1n) is 9.78. The van der Waals surface area contributed by atoms with Gasteiger partial charge in [0.1, 0.15) is 10.7 Å². The number of piperidine rings is 1. The van der Waals surface area contributed by atoms with Gasteiger partial charge in [-0.2, -0.15) is 0 Å². The second kappa shape index (κ2) is 7.21. The van der Waals surface area contributed by atoms with Crippen LogP contribution in [0.1, 0.15) is 42.8 Å². The minimum Gasteiger partial charge on any atom is -0.306 e. The minimum atomic E-state index is 0.140. The van der Waals surface area contributed by atoms with Crippen LogP contribution in [0, 0.1) is 13.8 Å². The van der Waals surface area contributed by atoms with Crippen molar-refractivity contribution >= 4 is 21.6 Å². The van der Waals surface area contributed by atoms with Crippen LogP contribution in [0.25, 0.3) is 21.3 Å². The number of hydrogen-bond donors (Lipinski definition) is 0. The van der Waals surface area contributed by atoms with Crippen LogP contribution >= 0.6 is 11.3 Å². The Bertz CT molecular complexity index is 1040. The van der Waals surface area contributed by atoms with E-state index in [0.717, 1.165) is 59.5 Å². The summed E-state index contributed by atoms with van der Waals surface area (Å²) in [5.74, 6) is 0.926. The maximum absolute atomic E-state index is 13.6. The van der Waals surface area contributed by atoms with Gasteiger partial charge < -0.3 is 4.90 Å². The Morgan fingerprint density at radius 1 is 1.19 bits per heavy atom. The Kier molecular flexibility index (Phi) is 4.91. The van der Waals surface area contributed by atoms with Crippen LogP contribution in [0.3, 0.4) is 0 Å². The average Bonchev–Trinajstić information content (AvgIpc) is 3.09. The lowest BCUT2D eigenvalue weighted by Crippen LogP contribution is -2.37. The summed E-state index contributed by atoms with van der Waals surface area (Å²) in [6.07, 6.45) is 2.81. The van der Waals surface area contributed by atoms with E-state index >= 15 is 0 Å². The number of aryl methyl sites for hydroxylation is 3. The van der Waals surface area contributed by atoms with Crippen LogP contribution in [0.15, 0.2) is 28.4 Å². The molecule has 0 saturated carbocycles. The molecule has 1 aromatic carbocycles. The predicted molar refractivity (Wildman–Crippen MR) is 114 cm³/mol. The summed E-state index contributed by atoms with van der Waals surface area (Å²) in [7, 11) is 2.15. The molecule has 142 valence electrons. The van der Waals surface area contributed by atoms with Gasteiger partial charge in [-0.3, -0.25) is 9.36 Å². The van der Waals surface area contributed by atoms with Gasteiger partial charge in [0.25, 0.3) is 5.56 Å². The van der Waals surface area contributed by atoms with Crippen molar-refractivity contribution in [1.29, 1.82) is 0 Å². The second-order valence-corrected chi connectivity index (χ2v) is 8.58. The summed E-state index contributed by atoms with van der Waals surface area (Å²) in [5, 5.41) is 2.89. The van der Waals surface area contributed by atoms with Crippen molar-refractivity contribution in [3.8, 4) is 11.1 Å². The summed E-state index contributed by atoms with van der Waals surface area (Å²) in [6.45, 7) is 8.40. The molecule has 27 heavy (non-hydrogen) atoms. The van der Waals surface area contributed by atoms with E-state index in [0.29, 0.717) is 0 Å². The zero-order valence-corrected chi connectivity index (χ0v) is 17.4. The molecule has 0 amide bonds. The van der Waals surface area contributed by atoms with E-state index in [4.69, 9.17) is 4.98 Å². The largest absolute Gasteiger partial charge is 0.306 e. The first-order valence-corrected chi connectivity index (χ1v) is 10.7. The monoisotopic (exact) mass is 381 g/mol. The fraction of sp³-hybridized carbons (Fsp3) is 0.455. The molecule has 1 saturated heterocycles. The molecular formula is C22H27N3OS. The van der Waals surface area contributed by atoms with Gasteiger partial charge in [0.2, 0.25) is 0 Å². The summed E-state index contributed by atoms with van der Waals surface area (Å²) >= 11 is 1.59. The fourth-order valence-electron chi connectivity index (χ4n) is 4.05. The number of benzene rings is 1. The lowest BCUT2D eigenvalue weighted by molar-refractivity contribution is 0.216. The van der Waals surface area contributed by atoms with Crippen LogP contribution in [0.5, 0.6) is 0 Å². The summed E-state index contributed by atoms with van der Waals surface area (Å²) in [5.41, 5.74) is 4.80. The first kappa shape index (κ1) is 18.4. The normalized spacial score (nSPS) is 16.3. The highest BCUT2D eigenvalue weighted by Crippen LogP contribution is 2.33. The van der Waals surface area contributed by atoms with Crippen molar-refractivity contribution < 1.29 is 0 Å². The van der Waals surface area contributed by atoms with Crippen molar-refractivity contribution in [1.82, 2.24) is 14.5 Å². The highest BCUT2D eigenvalue weighted by atomic mass is 32.1. The van der Waals surface area contributed by atoms with E-state index in [1.807, 2.05) is 4.57 Å². The van der Waals surface area contributed by atoms with Gasteiger partial charge in [0.05, 0.1) is 5.39 Å². The third kappa shape index (κ3) is 3.23. The van der Waals surface area contributed by atoms with E-state index in [1.54, 1.807) is 11.3 Å². The van der Waals surface area contributed by atoms with E-state index in [2.05, 4.69) is 56.3 Å². The molecule has 3 heterocycles. The number of aromatic nitrogens is 2. The SMILES string of the molecule is CCc1nc2scc(-c3ccc(C)c(C)c3)c2c(=O)n1C1CCN(C)CC1. The van der Waals surface area contributed by atoms with Gasteiger partial charge in [-0.25, -0.2) is 4.98 Å². The maximum atomic E-state index is 13.6. The number of hydrogen-bond acceptors (Lipinski definition) is 4. The van der Waals surface area contributed by atoms with Gasteiger partial charge in [0.15, 0.2) is 0 Å². The molecule has 0 atom stereocenters. The van der Waals surface area contributed by atoms with E-state index < -0.39 is 0 Å². The zero-order chi connectivity index (χ0) is 19.1. The summed E-state index contributed by atoms with van der Waals surface area (Å²) in [6, 6.07) is 6.70. The summed E-state index contributed by atoms with van der Waals surface area (Å²) in [4.78, 5) is 21.7. The quantitative estimate of drug-likeness (QED) is 0.667. The lowest BCUT2D eigenvalue weighted by atomic mass is 10.0. The molecule has 1 aliphatic rings. The predicted octanol–water partition coefficient (Wildman–Crippen LogP) is 4.57. The maximum Gasteiger partial charge on any atom is 0.263 e. The highest BCUT2D eigenvalue weighted by molar-refractivity contribution is 7.17. The third-order valence-electron chi connectivity index (χ3n) is 5.90. The van der Waals surface area contributed by atoms with Gasteiger partial charge in [-0.05, 0) is 63.5 Å². The molecule has 0 spiro atoms. The number of fused-ring (bicyclic) bond motifs is 1. The van der Waals surface area contributed by atoms with Gasteiger partial charge in [-0.15, -0.1) is 11.3 Å². The van der Waals surface area contributed by atoms with E-state index in [1.165, 1.54) is 11.1 Å². The Labute approximate surface area is 164 Å². The molecule has 0 unspecified atom stereocenters. The standard InChI is InChI=1S/C22H27N3OS/c1-5-19-23-21-20(22(26)25(19)17-8-10-24(4)11-9-17)18(13-27-21)16-7-6-14(2)15(3)12-16/h6-7,12-13,17H,5,8-11H2,1-4H3. The number of rotatable bonds is 3. The molecule has 0 aliphatic carbocycles. The van der Waals surface area contributed by atoms with Crippen molar-refractivity contribution in [3.05, 3.63) is 50.9 Å². The molecule has 3 aromatic rings. The van der Waals surface area contributed by atoms with E-state index in [-0.39, 0.29) is 11.6 Å². The Morgan fingerprint density at radius 3 is 2.59 bits per heavy atom. The highest BCUT2D eigenvalue weighted by Gasteiger charge is 2.24. The Hall–Kier alpha value is -1.98. The topological polar surface area (TPSA) is 38.1 Å². The van der Waals surface area contributed by atoms with Gasteiger partial charge in [0, 0.05) is 23.4 Å². The first-order chi connectivity index (χ1) is 13.0. The zero-order valence-electron chi connectivity index (χ0n) is 16.6. The average molecular weight is 382 g/mol. The third-order valence-corrected chi connectivity index (χ3v) is 6.77. The molecule has 1 fully saturated rings. The molecule has 0 N–H and O–H groups in total. The molecule has 0 radical (unpaired) electrons. The Balaban J connectivity index is 1.90. The molecule has 1 aliphatic heterocycles. The van der Waals surface area contributed by atoms with Crippen LogP contribution in [-0.4, -0.2) is 34.6 Å². The number of thiophene rings is 1. The van der Waals surface area contributed by atoms with Crippen LogP contribution < -0.4 is 5.56 Å². The molecule has 4 rings (SSSR count). The molecular weight excluding hydrogens is 354 g/mol. The minimum absolute atomic E-state index is 0.140. The van der Waals surface area contributed by atoms with Crippen LogP contribution in [-0.2, 0) is 6.42 Å². The fourth-order valence-corrected chi connectivity index (χ4v) is 5.00. The Morgan fingerprint density at radius 2 is 1.93 bits per heavy atom. The molecule has 5 heteroatoms. The molecule has 0 bridgehead atoms. The van der Waals surface area contributed by atoms with Gasteiger partial charge >= 0.3 is 0 Å². The van der Waals surface area contributed by atoms with Gasteiger partial charge in [-0.1, -0.05) is 25.1 Å². The van der Waals surface area contributed by atoms with E-state index in [9.17, 15) is 4.79 Å². The smallest absolute Gasteiger partial charge is 0.263 e.